The Hall–Kier alpha value is -1.26. The van der Waals surface area contributed by atoms with E-state index in [1.807, 2.05) is 13.8 Å². The predicted molar refractivity (Wildman–Crippen MR) is 67.3 cm³/mol. The van der Waals surface area contributed by atoms with Gasteiger partial charge in [-0.15, -0.1) is 0 Å². The monoisotopic (exact) mass is 257 g/mol. The van der Waals surface area contributed by atoms with Gasteiger partial charge in [0.05, 0.1) is 0 Å². The van der Waals surface area contributed by atoms with Gasteiger partial charge in [0.15, 0.2) is 0 Å². The normalized spacial score (nSPS) is 24.4. The molecule has 0 aromatic carbocycles. The molecule has 1 rings (SSSR count). The van der Waals surface area contributed by atoms with Crippen molar-refractivity contribution in [2.45, 2.75) is 52.7 Å². The molecule has 5 heteroatoms. The lowest BCUT2D eigenvalue weighted by Crippen LogP contribution is -2.46. The second-order valence-corrected chi connectivity index (χ2v) is 6.15. The van der Waals surface area contributed by atoms with E-state index in [0.29, 0.717) is 13.0 Å². The Labute approximate surface area is 108 Å². The highest BCUT2D eigenvalue weighted by atomic mass is 16.6. The van der Waals surface area contributed by atoms with Crippen LogP contribution < -0.4 is 0 Å². The number of rotatable bonds is 2. The minimum absolute atomic E-state index is 0.00461. The number of carboxylic acids is 1. The number of aliphatic carboxylic acids is 1. The molecule has 1 aliphatic heterocycles. The fourth-order valence-electron chi connectivity index (χ4n) is 2.36. The van der Waals surface area contributed by atoms with Crippen molar-refractivity contribution in [2.75, 3.05) is 6.54 Å². The van der Waals surface area contributed by atoms with Crippen LogP contribution in [0.3, 0.4) is 0 Å². The summed E-state index contributed by atoms with van der Waals surface area (Å²) in [6.45, 7) is 9.75. The maximum absolute atomic E-state index is 12.0. The van der Waals surface area contributed by atoms with Gasteiger partial charge in [0.1, 0.15) is 11.6 Å². The predicted octanol–water partition coefficient (Wildman–Crippen LogP) is 2.35. The van der Waals surface area contributed by atoms with Gasteiger partial charge in [-0.05, 0) is 39.0 Å². The number of carbonyl (C=O) groups is 2. The number of amides is 1. The van der Waals surface area contributed by atoms with Crippen molar-refractivity contribution in [3.8, 4) is 0 Å². The summed E-state index contributed by atoms with van der Waals surface area (Å²) >= 11 is 0. The van der Waals surface area contributed by atoms with E-state index >= 15 is 0 Å². The van der Waals surface area contributed by atoms with E-state index in [-0.39, 0.29) is 11.8 Å². The van der Waals surface area contributed by atoms with Crippen LogP contribution in [0.4, 0.5) is 4.79 Å². The molecule has 1 unspecified atom stereocenters. The molecule has 1 heterocycles. The van der Waals surface area contributed by atoms with Crippen molar-refractivity contribution in [1.29, 1.82) is 0 Å². The van der Waals surface area contributed by atoms with Crippen molar-refractivity contribution in [3.63, 3.8) is 0 Å². The topological polar surface area (TPSA) is 66.8 Å². The van der Waals surface area contributed by atoms with Crippen LogP contribution in [0.15, 0.2) is 0 Å². The fraction of sp³-hybridized carbons (Fsp3) is 0.846. The maximum Gasteiger partial charge on any atom is 0.411 e. The van der Waals surface area contributed by atoms with Gasteiger partial charge in [-0.2, -0.15) is 0 Å². The van der Waals surface area contributed by atoms with Gasteiger partial charge in [-0.1, -0.05) is 13.8 Å². The number of ether oxygens (including phenoxy) is 1. The highest BCUT2D eigenvalue weighted by Gasteiger charge is 2.44. The Morgan fingerprint density at radius 2 is 1.89 bits per heavy atom. The van der Waals surface area contributed by atoms with Crippen molar-refractivity contribution >= 4 is 12.1 Å². The third-order valence-electron chi connectivity index (χ3n) is 3.18. The first-order chi connectivity index (χ1) is 8.13. The van der Waals surface area contributed by atoms with Gasteiger partial charge in [0, 0.05) is 6.54 Å². The smallest absolute Gasteiger partial charge is 0.411 e. The van der Waals surface area contributed by atoms with E-state index in [0.717, 1.165) is 0 Å². The lowest BCUT2D eigenvalue weighted by molar-refractivity contribution is -0.143. The molecule has 1 amide bonds. The van der Waals surface area contributed by atoms with Gasteiger partial charge in [-0.25, -0.2) is 9.59 Å². The summed E-state index contributed by atoms with van der Waals surface area (Å²) in [4.78, 5) is 24.7. The molecule has 18 heavy (non-hydrogen) atoms. The average molecular weight is 257 g/mol. The van der Waals surface area contributed by atoms with Crippen LogP contribution in [0.2, 0.25) is 0 Å². The molecule has 0 aromatic rings. The molecule has 1 fully saturated rings. The third kappa shape index (κ3) is 3.37. The van der Waals surface area contributed by atoms with E-state index in [4.69, 9.17) is 4.74 Å². The number of likely N-dealkylation sites (tertiary alicyclic amines) is 1. The molecule has 1 aliphatic rings. The Morgan fingerprint density at radius 3 is 2.28 bits per heavy atom. The number of carbonyl (C=O) groups excluding carboxylic acids is 1. The molecule has 0 aliphatic carbocycles. The summed E-state index contributed by atoms with van der Waals surface area (Å²) in [5, 5.41) is 9.30. The summed E-state index contributed by atoms with van der Waals surface area (Å²) in [6, 6.07) is -0.764. The number of hydrogen-bond donors (Lipinski definition) is 1. The van der Waals surface area contributed by atoms with Crippen LogP contribution in [0, 0.1) is 11.8 Å². The zero-order valence-corrected chi connectivity index (χ0v) is 11.8. The Kier molecular flexibility index (Phi) is 4.24. The molecule has 0 radical (unpaired) electrons. The Bertz CT molecular complexity index is 332. The summed E-state index contributed by atoms with van der Waals surface area (Å²) in [6.07, 6.45) is 0.187. The van der Waals surface area contributed by atoms with Gasteiger partial charge < -0.3 is 9.84 Å². The first-order valence-corrected chi connectivity index (χ1v) is 6.36. The molecule has 1 saturated heterocycles. The third-order valence-corrected chi connectivity index (χ3v) is 3.18. The summed E-state index contributed by atoms with van der Waals surface area (Å²) < 4.78 is 5.25. The Morgan fingerprint density at radius 1 is 1.33 bits per heavy atom. The van der Waals surface area contributed by atoms with E-state index in [2.05, 4.69) is 0 Å². The van der Waals surface area contributed by atoms with Crippen LogP contribution in [0.25, 0.3) is 0 Å². The van der Waals surface area contributed by atoms with Crippen molar-refractivity contribution < 1.29 is 19.4 Å². The quantitative estimate of drug-likeness (QED) is 0.824. The van der Waals surface area contributed by atoms with Gasteiger partial charge in [0.2, 0.25) is 0 Å². The number of nitrogens with zero attached hydrogens (tertiary/aromatic N) is 1. The molecule has 104 valence electrons. The molecule has 1 N–H and O–H groups in total. The molecular formula is C13H23NO4. The van der Waals surface area contributed by atoms with E-state index in [1.54, 1.807) is 20.8 Å². The van der Waals surface area contributed by atoms with E-state index < -0.39 is 23.7 Å². The Balaban J connectivity index is 2.83. The molecule has 0 bridgehead atoms. The maximum atomic E-state index is 12.0. The summed E-state index contributed by atoms with van der Waals surface area (Å²) in [7, 11) is 0. The van der Waals surface area contributed by atoms with Crippen molar-refractivity contribution in [1.82, 2.24) is 4.90 Å². The molecule has 2 atom stereocenters. The minimum Gasteiger partial charge on any atom is -0.480 e. The zero-order chi connectivity index (χ0) is 14.1. The minimum atomic E-state index is -0.947. The SMILES string of the molecule is CC(C)[C@H]1CCN(C(=O)OC(C)(C)C)C1C(=O)O. The highest BCUT2D eigenvalue weighted by Crippen LogP contribution is 2.31. The molecule has 5 nitrogen and oxygen atoms in total. The largest absolute Gasteiger partial charge is 0.480 e. The van der Waals surface area contributed by atoms with Crippen molar-refractivity contribution in [2.24, 2.45) is 11.8 Å². The molecule has 0 spiro atoms. The van der Waals surface area contributed by atoms with Crippen LogP contribution in [0.1, 0.15) is 41.0 Å². The average Bonchev–Trinajstić information content (AvgIpc) is 2.58. The summed E-state index contributed by atoms with van der Waals surface area (Å²) in [5.74, 6) is -0.717. The van der Waals surface area contributed by atoms with Crippen LogP contribution in [0.5, 0.6) is 0 Å². The first-order valence-electron chi connectivity index (χ1n) is 6.36. The van der Waals surface area contributed by atoms with Gasteiger partial charge >= 0.3 is 12.1 Å². The highest BCUT2D eigenvalue weighted by molar-refractivity contribution is 5.81. The molecule has 0 aromatic heterocycles. The van der Waals surface area contributed by atoms with E-state index in [9.17, 15) is 14.7 Å². The standard InChI is InChI=1S/C13H23NO4/c1-8(2)9-6-7-14(10(9)11(15)16)12(17)18-13(3,4)5/h8-10H,6-7H2,1-5H3,(H,15,16)/t9-,10?/m1/s1. The van der Waals surface area contributed by atoms with Crippen LogP contribution >= 0.6 is 0 Å². The van der Waals surface area contributed by atoms with Gasteiger partial charge in [-0.3, -0.25) is 4.90 Å². The number of carboxylic acid groups (broad SMARTS) is 1. The van der Waals surface area contributed by atoms with E-state index in [1.165, 1.54) is 4.90 Å². The lowest BCUT2D eigenvalue weighted by Gasteiger charge is -2.29. The second kappa shape index (κ2) is 5.16. The zero-order valence-electron chi connectivity index (χ0n) is 11.8. The van der Waals surface area contributed by atoms with Gasteiger partial charge in [0.25, 0.3) is 0 Å². The fourth-order valence-corrected chi connectivity index (χ4v) is 2.36. The van der Waals surface area contributed by atoms with Crippen LogP contribution in [-0.2, 0) is 9.53 Å². The second-order valence-electron chi connectivity index (χ2n) is 6.15. The lowest BCUT2D eigenvalue weighted by atomic mass is 9.89. The first kappa shape index (κ1) is 14.8. The number of hydrogen-bond acceptors (Lipinski definition) is 3. The summed E-state index contributed by atoms with van der Waals surface area (Å²) in [5.41, 5.74) is -0.601. The molecule has 0 saturated carbocycles. The molecular weight excluding hydrogens is 234 g/mol. The van der Waals surface area contributed by atoms with Crippen molar-refractivity contribution in [3.05, 3.63) is 0 Å². The van der Waals surface area contributed by atoms with Crippen LogP contribution in [-0.4, -0.2) is 40.3 Å².